The molecule has 1 atom stereocenters. The van der Waals surface area contributed by atoms with Crippen LogP contribution in [0, 0.1) is 11.6 Å². The number of alkyl halides is 1. The minimum absolute atomic E-state index is 0.159. The number of halogens is 3. The molecule has 0 saturated heterocycles. The summed E-state index contributed by atoms with van der Waals surface area (Å²) in [6, 6.07) is 3.09. The maximum Gasteiger partial charge on any atom is 0.235 e. The fourth-order valence-electron chi connectivity index (χ4n) is 1.15. The van der Waals surface area contributed by atoms with Crippen molar-refractivity contribution in [1.29, 1.82) is 0 Å². The van der Waals surface area contributed by atoms with Crippen molar-refractivity contribution < 1.29 is 13.6 Å². The van der Waals surface area contributed by atoms with Gasteiger partial charge in [0.1, 0.15) is 5.88 Å². The molecule has 5 heteroatoms. The van der Waals surface area contributed by atoms with Crippen molar-refractivity contribution in [3.63, 3.8) is 0 Å². The first-order valence-corrected chi connectivity index (χ1v) is 4.88. The topological polar surface area (TPSA) is 29.1 Å². The number of benzene rings is 1. The number of carbonyl (C=O) groups excluding carboxylic acids is 1. The van der Waals surface area contributed by atoms with E-state index in [1.165, 1.54) is 6.07 Å². The van der Waals surface area contributed by atoms with Gasteiger partial charge in [0, 0.05) is 0 Å². The van der Waals surface area contributed by atoms with Crippen LogP contribution in [0.5, 0.6) is 0 Å². The van der Waals surface area contributed by atoms with Crippen LogP contribution < -0.4 is 5.32 Å². The SMILES string of the molecule is CC(NC(=O)CCl)c1ccc(F)c(F)c1. The molecule has 0 aliphatic rings. The summed E-state index contributed by atoms with van der Waals surface area (Å²) < 4.78 is 25.5. The molecule has 0 heterocycles. The molecule has 2 nitrogen and oxygen atoms in total. The van der Waals surface area contributed by atoms with Crippen LogP contribution in [0.2, 0.25) is 0 Å². The second-order valence-electron chi connectivity index (χ2n) is 3.10. The van der Waals surface area contributed by atoms with E-state index in [1.807, 2.05) is 0 Å². The number of carbonyl (C=O) groups is 1. The third-order valence-electron chi connectivity index (χ3n) is 1.94. The van der Waals surface area contributed by atoms with Gasteiger partial charge in [-0.25, -0.2) is 8.78 Å². The average molecular weight is 234 g/mol. The van der Waals surface area contributed by atoms with E-state index in [0.29, 0.717) is 5.56 Å². The highest BCUT2D eigenvalue weighted by Crippen LogP contribution is 2.15. The van der Waals surface area contributed by atoms with Crippen LogP contribution >= 0.6 is 11.6 Å². The summed E-state index contributed by atoms with van der Waals surface area (Å²) in [5.41, 5.74) is 0.493. The van der Waals surface area contributed by atoms with Gasteiger partial charge in [0.25, 0.3) is 0 Å². The Kier molecular flexibility index (Phi) is 4.03. The number of hydrogen-bond donors (Lipinski definition) is 1. The van der Waals surface area contributed by atoms with E-state index in [1.54, 1.807) is 6.92 Å². The summed E-state index contributed by atoms with van der Waals surface area (Å²) in [7, 11) is 0. The van der Waals surface area contributed by atoms with Crippen molar-refractivity contribution in [2.45, 2.75) is 13.0 Å². The zero-order chi connectivity index (χ0) is 11.4. The molecule has 0 aromatic heterocycles. The van der Waals surface area contributed by atoms with E-state index in [4.69, 9.17) is 11.6 Å². The molecule has 0 spiro atoms. The van der Waals surface area contributed by atoms with Gasteiger partial charge in [0.2, 0.25) is 5.91 Å². The summed E-state index contributed by atoms with van der Waals surface area (Å²) in [6.07, 6.45) is 0. The molecule has 1 unspecified atom stereocenters. The fraction of sp³-hybridized carbons (Fsp3) is 0.300. The molecule has 15 heavy (non-hydrogen) atoms. The maximum atomic E-state index is 12.8. The predicted octanol–water partition coefficient (Wildman–Crippen LogP) is 2.38. The zero-order valence-corrected chi connectivity index (χ0v) is 8.81. The lowest BCUT2D eigenvalue weighted by Crippen LogP contribution is -2.27. The maximum absolute atomic E-state index is 12.8. The number of rotatable bonds is 3. The molecule has 1 amide bonds. The average Bonchev–Trinajstić information content (AvgIpc) is 2.21. The highest BCUT2D eigenvalue weighted by molar-refractivity contribution is 6.27. The monoisotopic (exact) mass is 233 g/mol. The summed E-state index contributed by atoms with van der Waals surface area (Å²) in [4.78, 5) is 10.9. The van der Waals surface area contributed by atoms with E-state index in [2.05, 4.69) is 5.32 Å². The van der Waals surface area contributed by atoms with Crippen LogP contribution in [-0.2, 0) is 4.79 Å². The molecule has 0 aliphatic carbocycles. The second-order valence-corrected chi connectivity index (χ2v) is 3.36. The van der Waals surface area contributed by atoms with E-state index in [9.17, 15) is 13.6 Å². The first-order valence-electron chi connectivity index (χ1n) is 4.35. The highest BCUT2D eigenvalue weighted by Gasteiger charge is 2.10. The minimum Gasteiger partial charge on any atom is -0.349 e. The third kappa shape index (κ3) is 3.16. The van der Waals surface area contributed by atoms with Gasteiger partial charge in [-0.15, -0.1) is 11.6 Å². The Morgan fingerprint density at radius 1 is 1.47 bits per heavy atom. The fourth-order valence-corrected chi connectivity index (χ4v) is 1.22. The van der Waals surface area contributed by atoms with E-state index >= 15 is 0 Å². The largest absolute Gasteiger partial charge is 0.349 e. The Bertz CT molecular complexity index is 370. The van der Waals surface area contributed by atoms with Crippen LogP contribution in [-0.4, -0.2) is 11.8 Å². The number of hydrogen-bond acceptors (Lipinski definition) is 1. The molecular weight excluding hydrogens is 224 g/mol. The van der Waals surface area contributed by atoms with Crippen molar-refractivity contribution in [3.05, 3.63) is 35.4 Å². The van der Waals surface area contributed by atoms with Gasteiger partial charge in [-0.05, 0) is 24.6 Å². The van der Waals surface area contributed by atoms with Crippen LogP contribution in [0.1, 0.15) is 18.5 Å². The van der Waals surface area contributed by atoms with Crippen molar-refractivity contribution >= 4 is 17.5 Å². The predicted molar refractivity (Wildman–Crippen MR) is 53.6 cm³/mol. The summed E-state index contributed by atoms with van der Waals surface area (Å²) in [5.74, 6) is -2.35. The Morgan fingerprint density at radius 2 is 2.13 bits per heavy atom. The first kappa shape index (κ1) is 11.9. The Hall–Kier alpha value is -1.16. The smallest absolute Gasteiger partial charge is 0.235 e. The molecule has 0 saturated carbocycles. The van der Waals surface area contributed by atoms with Crippen LogP contribution in [0.3, 0.4) is 0 Å². The molecule has 0 fully saturated rings. The second kappa shape index (κ2) is 5.07. The first-order chi connectivity index (χ1) is 7.04. The quantitative estimate of drug-likeness (QED) is 0.798. The Balaban J connectivity index is 2.78. The lowest BCUT2D eigenvalue weighted by molar-refractivity contribution is -0.119. The molecule has 0 aliphatic heterocycles. The van der Waals surface area contributed by atoms with Crippen molar-refractivity contribution in [3.8, 4) is 0 Å². The number of amides is 1. The van der Waals surface area contributed by atoms with Crippen molar-refractivity contribution in [2.75, 3.05) is 5.88 Å². The van der Waals surface area contributed by atoms with E-state index < -0.39 is 17.7 Å². The van der Waals surface area contributed by atoms with Gasteiger partial charge in [-0.2, -0.15) is 0 Å². The molecule has 1 N–H and O–H groups in total. The highest BCUT2D eigenvalue weighted by atomic mass is 35.5. The summed E-state index contributed by atoms with van der Waals surface area (Å²) in [6.45, 7) is 1.66. The van der Waals surface area contributed by atoms with E-state index in [0.717, 1.165) is 12.1 Å². The molecule has 0 radical (unpaired) electrons. The summed E-state index contributed by atoms with van der Waals surface area (Å²) in [5, 5.41) is 2.53. The summed E-state index contributed by atoms with van der Waals surface area (Å²) >= 11 is 5.29. The molecule has 1 aromatic carbocycles. The van der Waals surface area contributed by atoms with Crippen molar-refractivity contribution in [2.24, 2.45) is 0 Å². The van der Waals surface area contributed by atoms with Gasteiger partial charge in [0.15, 0.2) is 11.6 Å². The van der Waals surface area contributed by atoms with Gasteiger partial charge in [-0.1, -0.05) is 6.07 Å². The standard InChI is InChI=1S/C10H10ClF2NO/c1-6(14-10(15)5-11)7-2-3-8(12)9(13)4-7/h2-4,6H,5H2,1H3,(H,14,15). The van der Waals surface area contributed by atoms with Crippen LogP contribution in [0.15, 0.2) is 18.2 Å². The van der Waals surface area contributed by atoms with Crippen LogP contribution in [0.4, 0.5) is 8.78 Å². The van der Waals surface area contributed by atoms with Crippen molar-refractivity contribution in [1.82, 2.24) is 5.32 Å². The third-order valence-corrected chi connectivity index (χ3v) is 2.19. The number of nitrogens with one attached hydrogen (secondary N) is 1. The van der Waals surface area contributed by atoms with Crippen LogP contribution in [0.25, 0.3) is 0 Å². The minimum atomic E-state index is -0.931. The van der Waals surface area contributed by atoms with Gasteiger partial charge >= 0.3 is 0 Å². The lowest BCUT2D eigenvalue weighted by atomic mass is 10.1. The van der Waals surface area contributed by atoms with Gasteiger partial charge in [-0.3, -0.25) is 4.79 Å². The normalized spacial score (nSPS) is 12.3. The van der Waals surface area contributed by atoms with Gasteiger partial charge < -0.3 is 5.32 Å². The molecule has 1 rings (SSSR count). The Morgan fingerprint density at radius 3 is 2.67 bits per heavy atom. The van der Waals surface area contributed by atoms with Gasteiger partial charge in [0.05, 0.1) is 6.04 Å². The molecule has 1 aromatic rings. The molecule has 0 bridgehead atoms. The molecular formula is C10H10ClF2NO. The lowest BCUT2D eigenvalue weighted by Gasteiger charge is -2.13. The Labute approximate surface area is 91.2 Å². The zero-order valence-electron chi connectivity index (χ0n) is 8.06. The molecule has 82 valence electrons. The van der Waals surface area contributed by atoms with E-state index in [-0.39, 0.29) is 11.8 Å².